The zero-order valence-electron chi connectivity index (χ0n) is 17.1. The molecule has 1 amide bonds. The lowest BCUT2D eigenvalue weighted by molar-refractivity contribution is 0.0620. The lowest BCUT2D eigenvalue weighted by Gasteiger charge is -2.37. The number of carbonyl (C=O) groups is 1. The molecule has 0 bridgehead atoms. The second-order valence-electron chi connectivity index (χ2n) is 8.85. The summed E-state index contributed by atoms with van der Waals surface area (Å²) in [5.74, 6) is 1.64. The van der Waals surface area contributed by atoms with E-state index in [4.69, 9.17) is 4.74 Å². The van der Waals surface area contributed by atoms with Gasteiger partial charge in [-0.1, -0.05) is 25.1 Å². The van der Waals surface area contributed by atoms with Crippen molar-refractivity contribution in [3.8, 4) is 5.75 Å². The van der Waals surface area contributed by atoms with E-state index in [2.05, 4.69) is 43.1 Å². The van der Waals surface area contributed by atoms with Gasteiger partial charge in [-0.05, 0) is 62.9 Å². The highest BCUT2D eigenvalue weighted by Crippen LogP contribution is 2.39. The van der Waals surface area contributed by atoms with Crippen LogP contribution in [0.1, 0.15) is 62.0 Å². The van der Waals surface area contributed by atoms with E-state index < -0.39 is 0 Å². The van der Waals surface area contributed by atoms with Gasteiger partial charge in [-0.25, -0.2) is 0 Å². The van der Waals surface area contributed by atoms with Crippen molar-refractivity contribution in [3.63, 3.8) is 0 Å². The maximum Gasteiger partial charge on any atom is 0.251 e. The number of fused-ring (bicyclic) bond motifs is 1. The van der Waals surface area contributed by atoms with E-state index in [-0.39, 0.29) is 17.6 Å². The van der Waals surface area contributed by atoms with E-state index in [0.29, 0.717) is 5.56 Å². The van der Waals surface area contributed by atoms with Crippen LogP contribution >= 0.6 is 0 Å². The molecule has 2 aliphatic rings. The highest BCUT2D eigenvalue weighted by Gasteiger charge is 2.34. The number of hydrogen-bond acceptors (Lipinski definition) is 3. The zero-order chi connectivity index (χ0) is 19.7. The lowest BCUT2D eigenvalue weighted by Crippen LogP contribution is -2.41. The summed E-state index contributed by atoms with van der Waals surface area (Å²) in [5, 5.41) is 3.22. The zero-order valence-corrected chi connectivity index (χ0v) is 17.1. The maximum atomic E-state index is 12.9. The fourth-order valence-corrected chi connectivity index (χ4v) is 4.26. The Balaban J connectivity index is 1.46. The third kappa shape index (κ3) is 4.01. The van der Waals surface area contributed by atoms with E-state index in [1.165, 1.54) is 18.5 Å². The maximum absolute atomic E-state index is 12.9. The topological polar surface area (TPSA) is 41.6 Å². The molecule has 1 fully saturated rings. The van der Waals surface area contributed by atoms with E-state index in [1.54, 1.807) is 0 Å². The molecule has 2 aliphatic heterocycles. The van der Waals surface area contributed by atoms with Gasteiger partial charge in [-0.2, -0.15) is 0 Å². The number of para-hydroxylation sites is 1. The minimum atomic E-state index is -0.304. The van der Waals surface area contributed by atoms with Crippen LogP contribution in [0.15, 0.2) is 48.5 Å². The summed E-state index contributed by atoms with van der Waals surface area (Å²) < 4.78 is 6.07. The summed E-state index contributed by atoms with van der Waals surface area (Å²) in [6, 6.07) is 16.0. The number of benzene rings is 2. The Morgan fingerprint density at radius 2 is 1.75 bits per heavy atom. The monoisotopic (exact) mass is 378 g/mol. The van der Waals surface area contributed by atoms with Gasteiger partial charge in [0, 0.05) is 36.3 Å². The number of ether oxygens (including phenoxy) is 1. The summed E-state index contributed by atoms with van der Waals surface area (Å²) in [4.78, 5) is 15.3. The Kier molecular flexibility index (Phi) is 5.05. The van der Waals surface area contributed by atoms with Gasteiger partial charge in [0.1, 0.15) is 11.4 Å². The van der Waals surface area contributed by atoms with Gasteiger partial charge in [0.25, 0.3) is 5.91 Å². The van der Waals surface area contributed by atoms with Crippen LogP contribution in [0.25, 0.3) is 0 Å². The predicted octanol–water partition coefficient (Wildman–Crippen LogP) is 4.96. The van der Waals surface area contributed by atoms with Gasteiger partial charge >= 0.3 is 0 Å². The smallest absolute Gasteiger partial charge is 0.251 e. The largest absolute Gasteiger partial charge is 0.487 e. The second kappa shape index (κ2) is 7.50. The van der Waals surface area contributed by atoms with E-state index >= 15 is 0 Å². The normalized spacial score (nSPS) is 21.5. The number of piperidine rings is 1. The van der Waals surface area contributed by atoms with Crippen LogP contribution in [0, 0.1) is 5.92 Å². The highest BCUT2D eigenvalue weighted by atomic mass is 16.5. The molecule has 1 atom stereocenters. The molecule has 2 aromatic carbocycles. The average molecular weight is 379 g/mol. The minimum absolute atomic E-state index is 0.0312. The molecule has 0 aromatic heterocycles. The van der Waals surface area contributed by atoms with E-state index in [9.17, 15) is 4.79 Å². The molecule has 0 radical (unpaired) electrons. The van der Waals surface area contributed by atoms with Gasteiger partial charge in [0.2, 0.25) is 0 Å². The van der Waals surface area contributed by atoms with Crippen LogP contribution in [0.2, 0.25) is 0 Å². The van der Waals surface area contributed by atoms with Crippen LogP contribution in [-0.4, -0.2) is 24.6 Å². The molecule has 2 aromatic rings. The summed E-state index contributed by atoms with van der Waals surface area (Å²) in [6.45, 7) is 8.65. The Labute approximate surface area is 167 Å². The molecule has 0 aliphatic carbocycles. The van der Waals surface area contributed by atoms with Gasteiger partial charge in [0.05, 0.1) is 6.04 Å². The molecule has 4 rings (SSSR count). The SMILES string of the molecule is CC1CCN(c2ccc(C(=O)N[C@H]3CC(C)(C)Oc4ccccc43)cc2)CC1. The number of hydrogen-bond donors (Lipinski definition) is 1. The van der Waals surface area contributed by atoms with Crippen molar-refractivity contribution < 1.29 is 9.53 Å². The first-order valence-electron chi connectivity index (χ1n) is 10.4. The Morgan fingerprint density at radius 3 is 2.46 bits per heavy atom. The van der Waals surface area contributed by atoms with Gasteiger partial charge < -0.3 is 15.0 Å². The number of nitrogens with one attached hydrogen (secondary N) is 1. The molecule has 0 spiro atoms. The summed E-state index contributed by atoms with van der Waals surface area (Å²) in [5.41, 5.74) is 2.66. The van der Waals surface area contributed by atoms with Crippen molar-refractivity contribution in [1.29, 1.82) is 0 Å². The fraction of sp³-hybridized carbons (Fsp3) is 0.458. The Hall–Kier alpha value is -2.49. The van der Waals surface area contributed by atoms with E-state index in [0.717, 1.165) is 36.7 Å². The number of nitrogens with zero attached hydrogens (tertiary/aromatic N) is 1. The minimum Gasteiger partial charge on any atom is -0.487 e. The van der Waals surface area contributed by atoms with Crippen LogP contribution in [0.3, 0.4) is 0 Å². The standard InChI is InChI=1S/C24H30N2O2/c1-17-12-14-26(15-13-17)19-10-8-18(9-11-19)23(27)25-21-16-24(2,3)28-22-7-5-4-6-20(21)22/h4-11,17,21H,12-16H2,1-3H3,(H,25,27)/t21-/m0/s1. The predicted molar refractivity (Wildman–Crippen MR) is 113 cm³/mol. The number of rotatable bonds is 3. The quantitative estimate of drug-likeness (QED) is 0.821. The third-order valence-corrected chi connectivity index (χ3v) is 5.96. The summed E-state index contributed by atoms with van der Waals surface area (Å²) in [6.07, 6.45) is 3.22. The molecule has 0 unspecified atom stereocenters. The molecule has 28 heavy (non-hydrogen) atoms. The third-order valence-electron chi connectivity index (χ3n) is 5.96. The molecule has 0 saturated carbocycles. The molecule has 2 heterocycles. The summed E-state index contributed by atoms with van der Waals surface area (Å²) >= 11 is 0. The molecule has 1 saturated heterocycles. The first-order valence-corrected chi connectivity index (χ1v) is 10.4. The van der Waals surface area contributed by atoms with Crippen molar-refractivity contribution in [2.24, 2.45) is 5.92 Å². The van der Waals surface area contributed by atoms with Crippen molar-refractivity contribution in [2.45, 2.75) is 51.7 Å². The fourth-order valence-electron chi connectivity index (χ4n) is 4.26. The van der Waals surface area contributed by atoms with Gasteiger partial charge in [0.15, 0.2) is 0 Å². The van der Waals surface area contributed by atoms with Gasteiger partial charge in [-0.3, -0.25) is 4.79 Å². The van der Waals surface area contributed by atoms with Crippen molar-refractivity contribution in [2.75, 3.05) is 18.0 Å². The number of anilines is 1. The first kappa shape index (κ1) is 18.9. The van der Waals surface area contributed by atoms with Crippen LogP contribution in [0.4, 0.5) is 5.69 Å². The molecule has 4 heteroatoms. The second-order valence-corrected chi connectivity index (χ2v) is 8.85. The molecule has 1 N–H and O–H groups in total. The number of carbonyl (C=O) groups excluding carboxylic acids is 1. The molecule has 148 valence electrons. The van der Waals surface area contributed by atoms with E-state index in [1.807, 2.05) is 36.4 Å². The van der Waals surface area contributed by atoms with Crippen molar-refractivity contribution in [3.05, 3.63) is 59.7 Å². The van der Waals surface area contributed by atoms with Crippen molar-refractivity contribution in [1.82, 2.24) is 5.32 Å². The lowest BCUT2D eigenvalue weighted by atomic mass is 9.89. The number of amides is 1. The molecule has 4 nitrogen and oxygen atoms in total. The first-order chi connectivity index (χ1) is 13.4. The Morgan fingerprint density at radius 1 is 1.07 bits per heavy atom. The van der Waals surface area contributed by atoms with Gasteiger partial charge in [-0.15, -0.1) is 0 Å². The Bertz CT molecular complexity index is 836. The van der Waals surface area contributed by atoms with Crippen LogP contribution in [-0.2, 0) is 0 Å². The molecular weight excluding hydrogens is 348 g/mol. The average Bonchev–Trinajstić information content (AvgIpc) is 2.68. The highest BCUT2D eigenvalue weighted by molar-refractivity contribution is 5.94. The summed E-state index contributed by atoms with van der Waals surface area (Å²) in [7, 11) is 0. The van der Waals surface area contributed by atoms with Crippen molar-refractivity contribution >= 4 is 11.6 Å². The van der Waals surface area contributed by atoms with Crippen LogP contribution in [0.5, 0.6) is 5.75 Å². The van der Waals surface area contributed by atoms with Crippen LogP contribution < -0.4 is 15.0 Å². The molecular formula is C24H30N2O2.